The van der Waals surface area contributed by atoms with Crippen LogP contribution in [-0.4, -0.2) is 72.9 Å². The summed E-state index contributed by atoms with van der Waals surface area (Å²) in [6.07, 6.45) is 4.42. The Morgan fingerprint density at radius 1 is 1.27 bits per heavy atom. The highest BCUT2D eigenvalue weighted by Gasteiger charge is 2.46. The van der Waals surface area contributed by atoms with Gasteiger partial charge in [-0.1, -0.05) is 0 Å². The number of likely N-dealkylation sites (tertiary alicyclic amines) is 1. The van der Waals surface area contributed by atoms with Crippen LogP contribution >= 0.6 is 11.3 Å². The van der Waals surface area contributed by atoms with E-state index in [2.05, 4.69) is 20.2 Å². The first-order valence-corrected chi connectivity index (χ1v) is 9.24. The van der Waals surface area contributed by atoms with E-state index in [-0.39, 0.29) is 5.60 Å². The minimum absolute atomic E-state index is 0.152. The van der Waals surface area contributed by atoms with Gasteiger partial charge in [0.2, 0.25) is 0 Å². The van der Waals surface area contributed by atoms with Crippen LogP contribution in [0.5, 0.6) is 0 Å². The zero-order chi connectivity index (χ0) is 14.8. The fourth-order valence-corrected chi connectivity index (χ4v) is 4.52. The van der Waals surface area contributed by atoms with Gasteiger partial charge in [0.15, 0.2) is 0 Å². The topological polar surface area (TPSA) is 37.8 Å². The average molecular weight is 323 g/mol. The van der Waals surface area contributed by atoms with E-state index in [0.29, 0.717) is 5.92 Å². The highest BCUT2D eigenvalue weighted by atomic mass is 32.1. The highest BCUT2D eigenvalue weighted by Crippen LogP contribution is 2.37. The summed E-state index contributed by atoms with van der Waals surface area (Å²) in [4.78, 5) is 9.36. The molecule has 1 atom stereocenters. The predicted molar refractivity (Wildman–Crippen MR) is 86.1 cm³/mol. The van der Waals surface area contributed by atoms with Crippen molar-refractivity contribution in [3.63, 3.8) is 0 Å². The molecule has 1 aromatic rings. The molecule has 6 heteroatoms. The standard InChI is InChI=1S/C16H25N3O2S/c1-2-16(12-19(13-16)10-15-17-3-8-22-15)21-11-14(1)9-18-4-6-20-7-5-18/h3,8,14H,1-2,4-7,9-13H2/t14-/m0/s1. The van der Waals surface area contributed by atoms with Gasteiger partial charge in [-0.15, -0.1) is 11.3 Å². The molecule has 0 amide bonds. The third-order valence-corrected chi connectivity index (χ3v) is 5.88. The second-order valence-corrected chi connectivity index (χ2v) is 7.86. The van der Waals surface area contributed by atoms with Crippen LogP contribution in [0.1, 0.15) is 17.8 Å². The molecular formula is C16H25N3O2S. The monoisotopic (exact) mass is 323 g/mol. The van der Waals surface area contributed by atoms with E-state index in [1.807, 2.05) is 6.20 Å². The maximum atomic E-state index is 6.29. The highest BCUT2D eigenvalue weighted by molar-refractivity contribution is 7.09. The van der Waals surface area contributed by atoms with E-state index in [1.165, 1.54) is 24.4 Å². The normalized spacial score (nSPS) is 29.5. The van der Waals surface area contributed by atoms with Crippen molar-refractivity contribution in [1.29, 1.82) is 0 Å². The molecule has 5 nitrogen and oxygen atoms in total. The van der Waals surface area contributed by atoms with Crippen LogP contribution in [0.4, 0.5) is 0 Å². The molecule has 0 unspecified atom stereocenters. The van der Waals surface area contributed by atoms with Crippen molar-refractivity contribution in [2.75, 3.05) is 52.5 Å². The lowest BCUT2D eigenvalue weighted by Crippen LogP contribution is -2.64. The van der Waals surface area contributed by atoms with Gasteiger partial charge in [0.1, 0.15) is 5.01 Å². The lowest BCUT2D eigenvalue weighted by Gasteiger charge is -2.53. The molecule has 0 saturated carbocycles. The second kappa shape index (κ2) is 6.53. The van der Waals surface area contributed by atoms with Gasteiger partial charge in [-0.25, -0.2) is 4.98 Å². The predicted octanol–water partition coefficient (Wildman–Crippen LogP) is 1.46. The van der Waals surface area contributed by atoms with Gasteiger partial charge < -0.3 is 9.47 Å². The molecule has 3 saturated heterocycles. The van der Waals surface area contributed by atoms with E-state index >= 15 is 0 Å². The molecule has 122 valence electrons. The van der Waals surface area contributed by atoms with Crippen LogP contribution < -0.4 is 0 Å². The molecule has 1 spiro atoms. The maximum absolute atomic E-state index is 6.29. The fourth-order valence-electron chi connectivity index (χ4n) is 3.86. The largest absolute Gasteiger partial charge is 0.379 e. The summed E-state index contributed by atoms with van der Waals surface area (Å²) in [5.41, 5.74) is 0.152. The number of thiazole rings is 1. The SMILES string of the molecule is c1csc(CN2CC3(CC[C@@H](CN4CCOCC4)CO3)C2)n1. The zero-order valence-electron chi connectivity index (χ0n) is 13.1. The molecule has 4 heterocycles. The minimum atomic E-state index is 0.152. The van der Waals surface area contributed by atoms with Crippen LogP contribution in [0.15, 0.2) is 11.6 Å². The third kappa shape index (κ3) is 3.36. The Hall–Kier alpha value is -0.530. The number of morpholine rings is 1. The molecule has 3 aliphatic rings. The van der Waals surface area contributed by atoms with Gasteiger partial charge in [0.25, 0.3) is 0 Å². The molecule has 4 rings (SSSR count). The Kier molecular flexibility index (Phi) is 4.46. The average Bonchev–Trinajstić information content (AvgIpc) is 3.02. The van der Waals surface area contributed by atoms with Gasteiger partial charge in [0.05, 0.1) is 32.0 Å². The summed E-state index contributed by atoms with van der Waals surface area (Å²) < 4.78 is 11.7. The molecule has 22 heavy (non-hydrogen) atoms. The van der Waals surface area contributed by atoms with Crippen LogP contribution in [0.3, 0.4) is 0 Å². The summed E-state index contributed by atoms with van der Waals surface area (Å²) in [6.45, 7) is 9.22. The first-order valence-electron chi connectivity index (χ1n) is 8.36. The number of ether oxygens (including phenoxy) is 2. The van der Waals surface area contributed by atoms with Crippen molar-refractivity contribution in [3.05, 3.63) is 16.6 Å². The van der Waals surface area contributed by atoms with Crippen LogP contribution in [0.25, 0.3) is 0 Å². The molecule has 0 aromatic carbocycles. The number of nitrogens with zero attached hydrogens (tertiary/aromatic N) is 3. The van der Waals surface area contributed by atoms with E-state index in [0.717, 1.165) is 52.5 Å². The van der Waals surface area contributed by atoms with Gasteiger partial charge in [-0.2, -0.15) is 0 Å². The summed E-state index contributed by atoms with van der Waals surface area (Å²) in [7, 11) is 0. The molecule has 0 radical (unpaired) electrons. The zero-order valence-corrected chi connectivity index (χ0v) is 13.9. The Bertz CT molecular complexity index is 460. The van der Waals surface area contributed by atoms with Crippen LogP contribution in [-0.2, 0) is 16.0 Å². The number of hydrogen-bond acceptors (Lipinski definition) is 6. The molecular weight excluding hydrogens is 298 g/mol. The van der Waals surface area contributed by atoms with Gasteiger partial charge in [-0.3, -0.25) is 9.80 Å². The smallest absolute Gasteiger partial charge is 0.107 e. The summed E-state index contributed by atoms with van der Waals surface area (Å²) in [5, 5.41) is 3.27. The van der Waals surface area contributed by atoms with Gasteiger partial charge in [0, 0.05) is 44.3 Å². The minimum Gasteiger partial charge on any atom is -0.379 e. The van der Waals surface area contributed by atoms with Crippen molar-refractivity contribution in [2.24, 2.45) is 5.92 Å². The van der Waals surface area contributed by atoms with Gasteiger partial charge in [-0.05, 0) is 18.8 Å². The van der Waals surface area contributed by atoms with Crippen molar-refractivity contribution in [2.45, 2.75) is 25.0 Å². The molecule has 3 aliphatic heterocycles. The van der Waals surface area contributed by atoms with Crippen molar-refractivity contribution in [1.82, 2.24) is 14.8 Å². The lowest BCUT2D eigenvalue weighted by molar-refractivity contribution is -0.184. The summed E-state index contributed by atoms with van der Waals surface area (Å²) in [6, 6.07) is 0. The first kappa shape index (κ1) is 15.0. The Morgan fingerprint density at radius 3 is 2.82 bits per heavy atom. The maximum Gasteiger partial charge on any atom is 0.107 e. The van der Waals surface area contributed by atoms with Crippen molar-refractivity contribution in [3.8, 4) is 0 Å². The van der Waals surface area contributed by atoms with E-state index < -0.39 is 0 Å². The molecule has 1 aromatic heterocycles. The van der Waals surface area contributed by atoms with E-state index in [1.54, 1.807) is 11.3 Å². The summed E-state index contributed by atoms with van der Waals surface area (Å²) >= 11 is 1.75. The second-order valence-electron chi connectivity index (χ2n) is 6.88. The summed E-state index contributed by atoms with van der Waals surface area (Å²) in [5.74, 6) is 0.705. The Morgan fingerprint density at radius 2 is 2.14 bits per heavy atom. The number of aromatic nitrogens is 1. The van der Waals surface area contributed by atoms with Crippen molar-refractivity contribution < 1.29 is 9.47 Å². The molecule has 0 N–H and O–H groups in total. The molecule has 3 fully saturated rings. The number of rotatable bonds is 4. The number of hydrogen-bond donors (Lipinski definition) is 0. The Balaban J connectivity index is 1.20. The van der Waals surface area contributed by atoms with Crippen molar-refractivity contribution >= 4 is 11.3 Å². The quantitative estimate of drug-likeness (QED) is 0.839. The van der Waals surface area contributed by atoms with Crippen LogP contribution in [0, 0.1) is 5.92 Å². The van der Waals surface area contributed by atoms with Crippen LogP contribution in [0.2, 0.25) is 0 Å². The molecule has 0 bridgehead atoms. The Labute approximate surface area is 136 Å². The third-order valence-electron chi connectivity index (χ3n) is 5.12. The lowest BCUT2D eigenvalue weighted by atomic mass is 9.83. The molecule has 0 aliphatic carbocycles. The first-order chi connectivity index (χ1) is 10.8. The fraction of sp³-hybridized carbons (Fsp3) is 0.812. The van der Waals surface area contributed by atoms with Gasteiger partial charge >= 0.3 is 0 Å². The van der Waals surface area contributed by atoms with E-state index in [9.17, 15) is 0 Å². The van der Waals surface area contributed by atoms with E-state index in [4.69, 9.17) is 9.47 Å².